The predicted octanol–water partition coefficient (Wildman–Crippen LogP) is 5.39. The summed E-state index contributed by atoms with van der Waals surface area (Å²) in [5, 5.41) is 2.96. The van der Waals surface area contributed by atoms with E-state index in [0.717, 1.165) is 26.6 Å². The van der Waals surface area contributed by atoms with Crippen molar-refractivity contribution in [2.45, 2.75) is 65.4 Å². The van der Waals surface area contributed by atoms with Gasteiger partial charge in [-0.05, 0) is 68.5 Å². The number of carbonyl (C=O) groups excluding carboxylic acids is 2. The van der Waals surface area contributed by atoms with Crippen LogP contribution in [-0.4, -0.2) is 44.3 Å². The number of benzene rings is 3. The maximum Gasteiger partial charge on any atom is 0.264 e. The summed E-state index contributed by atoms with van der Waals surface area (Å²) in [6.45, 7) is 11.9. The van der Waals surface area contributed by atoms with Crippen molar-refractivity contribution in [1.29, 1.82) is 0 Å². The number of anilines is 1. The molecule has 1 N–H and O–H groups in total. The Hall–Kier alpha value is -3.65. The third kappa shape index (κ3) is 7.72. The molecule has 40 heavy (non-hydrogen) atoms. The van der Waals surface area contributed by atoms with Gasteiger partial charge in [0.05, 0.1) is 10.6 Å². The van der Waals surface area contributed by atoms with Crippen molar-refractivity contribution in [1.82, 2.24) is 10.2 Å². The number of amides is 2. The predicted molar refractivity (Wildman–Crippen MR) is 161 cm³/mol. The molecular formula is C32H41N3O4S. The summed E-state index contributed by atoms with van der Waals surface area (Å²) in [5.41, 5.74) is 4.17. The van der Waals surface area contributed by atoms with Gasteiger partial charge < -0.3 is 10.2 Å². The fourth-order valence-corrected chi connectivity index (χ4v) is 5.80. The minimum absolute atomic E-state index is 0.0960. The minimum Gasteiger partial charge on any atom is -0.354 e. The van der Waals surface area contributed by atoms with Crippen molar-refractivity contribution in [2.75, 3.05) is 17.4 Å². The molecule has 0 spiro atoms. The quantitative estimate of drug-likeness (QED) is 0.320. The van der Waals surface area contributed by atoms with Gasteiger partial charge in [-0.2, -0.15) is 0 Å². The highest BCUT2D eigenvalue weighted by Crippen LogP contribution is 2.26. The zero-order chi connectivity index (χ0) is 29.4. The van der Waals surface area contributed by atoms with E-state index in [1.165, 1.54) is 4.90 Å². The van der Waals surface area contributed by atoms with E-state index in [0.29, 0.717) is 18.7 Å². The molecule has 0 unspecified atom stereocenters. The van der Waals surface area contributed by atoms with Crippen molar-refractivity contribution in [3.63, 3.8) is 0 Å². The van der Waals surface area contributed by atoms with Gasteiger partial charge in [0, 0.05) is 13.1 Å². The van der Waals surface area contributed by atoms with Crippen LogP contribution in [0.2, 0.25) is 0 Å². The lowest BCUT2D eigenvalue weighted by Crippen LogP contribution is -2.52. The van der Waals surface area contributed by atoms with E-state index in [1.807, 2.05) is 77.9 Å². The number of hydrogen-bond acceptors (Lipinski definition) is 4. The van der Waals surface area contributed by atoms with Crippen LogP contribution in [0.3, 0.4) is 0 Å². The number of rotatable bonds is 12. The van der Waals surface area contributed by atoms with Gasteiger partial charge in [-0.15, -0.1) is 0 Å². The van der Waals surface area contributed by atoms with Crippen LogP contribution in [0.5, 0.6) is 0 Å². The Morgan fingerprint density at radius 1 is 0.850 bits per heavy atom. The molecule has 0 radical (unpaired) electrons. The standard InChI is InChI=1S/C32H41N3O4S/c1-7-30(32(37)33-20-23(2)3)34(21-27-11-9-8-10-26(27)6)31(36)22-35(28-16-12-24(4)13-17-28)40(38,39)29-18-14-25(5)15-19-29/h8-19,23,30H,7,20-22H2,1-6H3,(H,33,37)/t30-/m1/s1. The molecular weight excluding hydrogens is 522 g/mol. The smallest absolute Gasteiger partial charge is 0.264 e. The maximum atomic E-state index is 14.1. The molecule has 0 aliphatic carbocycles. The lowest BCUT2D eigenvalue weighted by atomic mass is 10.1. The number of nitrogens with one attached hydrogen (secondary N) is 1. The molecule has 0 aliphatic rings. The summed E-state index contributed by atoms with van der Waals surface area (Å²) in [6.07, 6.45) is 0.386. The van der Waals surface area contributed by atoms with Gasteiger partial charge in [-0.1, -0.05) is 80.4 Å². The van der Waals surface area contributed by atoms with Crippen molar-refractivity contribution in [2.24, 2.45) is 5.92 Å². The van der Waals surface area contributed by atoms with Crippen molar-refractivity contribution >= 4 is 27.5 Å². The highest BCUT2D eigenvalue weighted by Gasteiger charge is 2.33. The second kappa shape index (κ2) is 13.6. The van der Waals surface area contributed by atoms with Crippen LogP contribution >= 0.6 is 0 Å². The van der Waals surface area contributed by atoms with Gasteiger partial charge in [0.2, 0.25) is 11.8 Å². The molecule has 7 nitrogen and oxygen atoms in total. The van der Waals surface area contributed by atoms with Gasteiger partial charge in [-0.25, -0.2) is 8.42 Å². The molecule has 214 valence electrons. The van der Waals surface area contributed by atoms with E-state index in [-0.39, 0.29) is 23.3 Å². The summed E-state index contributed by atoms with van der Waals surface area (Å²) in [4.78, 5) is 29.0. The molecule has 0 heterocycles. The van der Waals surface area contributed by atoms with Crippen LogP contribution < -0.4 is 9.62 Å². The molecule has 0 aliphatic heterocycles. The summed E-state index contributed by atoms with van der Waals surface area (Å²) in [6, 6.07) is 20.5. The topological polar surface area (TPSA) is 86.8 Å². The van der Waals surface area contributed by atoms with Crippen molar-refractivity contribution < 1.29 is 18.0 Å². The Morgan fingerprint density at radius 2 is 1.43 bits per heavy atom. The van der Waals surface area contributed by atoms with Crippen LogP contribution in [0.25, 0.3) is 0 Å². The molecule has 0 saturated carbocycles. The molecule has 0 aromatic heterocycles. The zero-order valence-corrected chi connectivity index (χ0v) is 25.2. The first kappa shape index (κ1) is 30.9. The Morgan fingerprint density at radius 3 is 1.98 bits per heavy atom. The zero-order valence-electron chi connectivity index (χ0n) is 24.3. The summed E-state index contributed by atoms with van der Waals surface area (Å²) >= 11 is 0. The van der Waals surface area contributed by atoms with Crippen molar-refractivity contribution in [3.8, 4) is 0 Å². The SMILES string of the molecule is CC[C@H](C(=O)NCC(C)C)N(Cc1ccccc1C)C(=O)CN(c1ccc(C)cc1)S(=O)(=O)c1ccc(C)cc1. The molecule has 0 bridgehead atoms. The van der Waals surface area contributed by atoms with E-state index >= 15 is 0 Å². The van der Waals surface area contributed by atoms with E-state index in [9.17, 15) is 18.0 Å². The van der Waals surface area contributed by atoms with Crippen LogP contribution in [0.1, 0.15) is 49.4 Å². The fourth-order valence-electron chi connectivity index (χ4n) is 4.39. The van der Waals surface area contributed by atoms with Gasteiger partial charge in [-0.3, -0.25) is 13.9 Å². The number of carbonyl (C=O) groups is 2. The molecule has 3 aromatic rings. The average Bonchev–Trinajstić information content (AvgIpc) is 2.92. The molecule has 2 amide bonds. The number of hydrogen-bond donors (Lipinski definition) is 1. The first-order valence-electron chi connectivity index (χ1n) is 13.7. The van der Waals surface area contributed by atoms with Gasteiger partial charge >= 0.3 is 0 Å². The Balaban J connectivity index is 2.05. The van der Waals surface area contributed by atoms with Crippen LogP contribution in [0, 0.1) is 26.7 Å². The number of sulfonamides is 1. The average molecular weight is 564 g/mol. The highest BCUT2D eigenvalue weighted by atomic mass is 32.2. The lowest BCUT2D eigenvalue weighted by molar-refractivity contribution is -0.140. The summed E-state index contributed by atoms with van der Waals surface area (Å²) < 4.78 is 29.0. The van der Waals surface area contributed by atoms with Gasteiger partial charge in [0.15, 0.2) is 0 Å². The molecule has 3 rings (SSSR count). The second-order valence-electron chi connectivity index (χ2n) is 10.7. The number of aryl methyl sites for hydroxylation is 3. The Kier molecular flexibility index (Phi) is 10.5. The van der Waals surface area contributed by atoms with E-state index < -0.39 is 28.5 Å². The largest absolute Gasteiger partial charge is 0.354 e. The normalized spacial score (nSPS) is 12.2. The molecule has 0 saturated heterocycles. The third-order valence-electron chi connectivity index (χ3n) is 6.88. The fraction of sp³-hybridized carbons (Fsp3) is 0.375. The summed E-state index contributed by atoms with van der Waals surface area (Å²) in [5.74, 6) is -0.453. The van der Waals surface area contributed by atoms with Crippen molar-refractivity contribution in [3.05, 3.63) is 95.1 Å². The first-order chi connectivity index (χ1) is 18.9. The monoisotopic (exact) mass is 563 g/mol. The van der Waals surface area contributed by atoms with Crippen LogP contribution in [0.4, 0.5) is 5.69 Å². The lowest BCUT2D eigenvalue weighted by Gasteiger charge is -2.33. The molecule has 3 aromatic carbocycles. The van der Waals surface area contributed by atoms with Crippen LogP contribution in [-0.2, 0) is 26.2 Å². The van der Waals surface area contributed by atoms with E-state index in [4.69, 9.17) is 0 Å². The second-order valence-corrected chi connectivity index (χ2v) is 12.5. The van der Waals surface area contributed by atoms with Gasteiger partial charge in [0.25, 0.3) is 10.0 Å². The molecule has 8 heteroatoms. The number of nitrogens with zero attached hydrogens (tertiary/aromatic N) is 2. The minimum atomic E-state index is -4.08. The molecule has 1 atom stereocenters. The maximum absolute atomic E-state index is 14.1. The molecule has 0 fully saturated rings. The van der Waals surface area contributed by atoms with E-state index in [2.05, 4.69) is 5.32 Å². The first-order valence-corrected chi connectivity index (χ1v) is 15.2. The summed E-state index contributed by atoms with van der Waals surface area (Å²) in [7, 11) is -4.08. The van der Waals surface area contributed by atoms with Gasteiger partial charge in [0.1, 0.15) is 12.6 Å². The Labute approximate surface area is 239 Å². The van der Waals surface area contributed by atoms with Crippen LogP contribution in [0.15, 0.2) is 77.7 Å². The third-order valence-corrected chi connectivity index (χ3v) is 8.67. The highest BCUT2D eigenvalue weighted by molar-refractivity contribution is 7.92. The Bertz CT molecular complexity index is 1400. The van der Waals surface area contributed by atoms with E-state index in [1.54, 1.807) is 36.4 Å².